The van der Waals surface area contributed by atoms with Crippen LogP contribution in [-0.2, 0) is 4.79 Å². The lowest BCUT2D eigenvalue weighted by Crippen LogP contribution is -2.36. The Morgan fingerprint density at radius 2 is 0.958 bits per heavy atom. The molecular weight excluding hydrogens is 302 g/mol. The summed E-state index contributed by atoms with van der Waals surface area (Å²) in [5.41, 5.74) is 0. The summed E-state index contributed by atoms with van der Waals surface area (Å²) in [6.07, 6.45) is 14.5. The summed E-state index contributed by atoms with van der Waals surface area (Å²) >= 11 is 0. The van der Waals surface area contributed by atoms with Crippen LogP contribution in [0.1, 0.15) is 90.9 Å². The SMILES string of the molecule is CCCCNC(=O)NCCCCCCCCCCCCNC(C)=O. The molecule has 24 heavy (non-hydrogen) atoms. The highest BCUT2D eigenvalue weighted by Gasteiger charge is 1.98. The van der Waals surface area contributed by atoms with Crippen LogP contribution in [0.4, 0.5) is 4.79 Å². The first kappa shape index (κ1) is 22.7. The molecule has 0 radical (unpaired) electrons. The van der Waals surface area contributed by atoms with Crippen molar-refractivity contribution < 1.29 is 9.59 Å². The van der Waals surface area contributed by atoms with Gasteiger partial charge in [-0.1, -0.05) is 64.7 Å². The van der Waals surface area contributed by atoms with Crippen LogP contribution in [0.2, 0.25) is 0 Å². The highest BCUT2D eigenvalue weighted by atomic mass is 16.2. The fraction of sp³-hybridized carbons (Fsp3) is 0.895. The zero-order chi connectivity index (χ0) is 17.9. The summed E-state index contributed by atoms with van der Waals surface area (Å²) in [5.74, 6) is 0.0716. The van der Waals surface area contributed by atoms with Gasteiger partial charge in [-0.25, -0.2) is 4.79 Å². The maximum Gasteiger partial charge on any atom is 0.314 e. The predicted molar refractivity (Wildman–Crippen MR) is 101 cm³/mol. The molecule has 0 aromatic carbocycles. The lowest BCUT2D eigenvalue weighted by atomic mass is 10.1. The van der Waals surface area contributed by atoms with Crippen molar-refractivity contribution in [2.45, 2.75) is 90.9 Å². The summed E-state index contributed by atoms with van der Waals surface area (Å²) < 4.78 is 0. The van der Waals surface area contributed by atoms with Gasteiger partial charge in [-0.3, -0.25) is 4.79 Å². The molecule has 0 spiro atoms. The average Bonchev–Trinajstić information content (AvgIpc) is 2.55. The fourth-order valence-electron chi connectivity index (χ4n) is 2.57. The van der Waals surface area contributed by atoms with Crippen LogP contribution < -0.4 is 16.0 Å². The molecule has 0 heterocycles. The molecule has 0 saturated heterocycles. The van der Waals surface area contributed by atoms with Gasteiger partial charge in [0.05, 0.1) is 0 Å². The van der Waals surface area contributed by atoms with Gasteiger partial charge in [0.25, 0.3) is 0 Å². The lowest BCUT2D eigenvalue weighted by molar-refractivity contribution is -0.118. The number of unbranched alkanes of at least 4 members (excludes halogenated alkanes) is 10. The average molecular weight is 342 g/mol. The molecule has 0 aliphatic carbocycles. The maximum absolute atomic E-state index is 11.4. The molecule has 0 atom stereocenters. The number of carbonyl (C=O) groups is 2. The molecule has 0 bridgehead atoms. The Morgan fingerprint density at radius 3 is 1.38 bits per heavy atom. The second-order valence-corrected chi connectivity index (χ2v) is 6.55. The number of hydrogen-bond acceptors (Lipinski definition) is 2. The molecule has 3 amide bonds. The van der Waals surface area contributed by atoms with E-state index in [4.69, 9.17) is 0 Å². The zero-order valence-electron chi connectivity index (χ0n) is 15.9. The van der Waals surface area contributed by atoms with Crippen LogP contribution in [-0.4, -0.2) is 31.6 Å². The molecule has 0 aromatic rings. The second kappa shape index (κ2) is 18.1. The summed E-state index contributed by atoms with van der Waals surface area (Å²) in [6, 6.07) is -0.0260. The number of hydrogen-bond donors (Lipinski definition) is 3. The van der Waals surface area contributed by atoms with E-state index in [1.807, 2.05) is 0 Å². The van der Waals surface area contributed by atoms with Crippen molar-refractivity contribution >= 4 is 11.9 Å². The minimum Gasteiger partial charge on any atom is -0.356 e. The summed E-state index contributed by atoms with van der Waals surface area (Å²) in [4.78, 5) is 22.1. The minimum atomic E-state index is -0.0260. The van der Waals surface area contributed by atoms with Gasteiger partial charge in [-0.15, -0.1) is 0 Å². The highest BCUT2D eigenvalue weighted by Crippen LogP contribution is 2.10. The van der Waals surface area contributed by atoms with Gasteiger partial charge in [0.2, 0.25) is 5.91 Å². The molecule has 0 saturated carbocycles. The molecule has 0 rings (SSSR count). The van der Waals surface area contributed by atoms with Crippen LogP contribution in [0.3, 0.4) is 0 Å². The van der Waals surface area contributed by atoms with Gasteiger partial charge in [-0.05, 0) is 19.3 Å². The predicted octanol–water partition coefficient (Wildman–Crippen LogP) is 4.12. The van der Waals surface area contributed by atoms with E-state index in [1.165, 1.54) is 51.4 Å². The van der Waals surface area contributed by atoms with Gasteiger partial charge in [0.15, 0.2) is 0 Å². The Hall–Kier alpha value is -1.26. The molecule has 5 nitrogen and oxygen atoms in total. The van der Waals surface area contributed by atoms with Crippen LogP contribution >= 0.6 is 0 Å². The molecule has 3 N–H and O–H groups in total. The van der Waals surface area contributed by atoms with Crippen molar-refractivity contribution in [3.63, 3.8) is 0 Å². The Morgan fingerprint density at radius 1 is 0.583 bits per heavy atom. The molecule has 0 aliphatic rings. The summed E-state index contributed by atoms with van der Waals surface area (Å²) in [6.45, 7) is 6.06. The van der Waals surface area contributed by atoms with Gasteiger partial charge < -0.3 is 16.0 Å². The third-order valence-corrected chi connectivity index (χ3v) is 4.08. The van der Waals surface area contributed by atoms with Crippen LogP contribution in [0.25, 0.3) is 0 Å². The number of urea groups is 1. The Kier molecular flexibility index (Phi) is 17.1. The summed E-state index contributed by atoms with van der Waals surface area (Å²) in [5, 5.41) is 8.60. The molecule has 5 heteroatoms. The number of carbonyl (C=O) groups excluding carboxylic acids is 2. The number of amides is 3. The van der Waals surface area contributed by atoms with E-state index >= 15 is 0 Å². The Balaban J connectivity index is 3.10. The van der Waals surface area contributed by atoms with Gasteiger partial charge in [0.1, 0.15) is 0 Å². The first-order valence-electron chi connectivity index (χ1n) is 9.93. The third-order valence-electron chi connectivity index (χ3n) is 4.08. The van der Waals surface area contributed by atoms with E-state index < -0.39 is 0 Å². The molecule has 0 aliphatic heterocycles. The largest absolute Gasteiger partial charge is 0.356 e. The molecule has 0 fully saturated rings. The normalized spacial score (nSPS) is 10.4. The molecule has 0 unspecified atom stereocenters. The minimum absolute atomic E-state index is 0.0260. The molecule has 142 valence electrons. The van der Waals surface area contributed by atoms with Crippen LogP contribution in [0.5, 0.6) is 0 Å². The number of rotatable bonds is 16. The maximum atomic E-state index is 11.4. The zero-order valence-corrected chi connectivity index (χ0v) is 15.9. The van der Waals surface area contributed by atoms with Gasteiger partial charge >= 0.3 is 6.03 Å². The van der Waals surface area contributed by atoms with Gasteiger partial charge in [-0.2, -0.15) is 0 Å². The van der Waals surface area contributed by atoms with Crippen molar-refractivity contribution in [3.8, 4) is 0 Å². The van der Waals surface area contributed by atoms with Crippen molar-refractivity contribution in [2.24, 2.45) is 0 Å². The van der Waals surface area contributed by atoms with E-state index in [9.17, 15) is 9.59 Å². The van der Waals surface area contributed by atoms with E-state index in [0.29, 0.717) is 0 Å². The van der Waals surface area contributed by atoms with Crippen LogP contribution in [0.15, 0.2) is 0 Å². The monoisotopic (exact) mass is 341 g/mol. The quantitative estimate of drug-likeness (QED) is 0.370. The standard InChI is InChI=1S/C19H39N3O2/c1-3-4-15-21-19(24)22-17-14-12-10-8-6-5-7-9-11-13-16-20-18(2)23/h3-17H2,1-2H3,(H,20,23)(H2,21,22,24). The second-order valence-electron chi connectivity index (χ2n) is 6.55. The van der Waals surface area contributed by atoms with Crippen molar-refractivity contribution in [1.82, 2.24) is 16.0 Å². The smallest absolute Gasteiger partial charge is 0.314 e. The molecular formula is C19H39N3O2. The summed E-state index contributed by atoms with van der Waals surface area (Å²) in [7, 11) is 0. The highest BCUT2D eigenvalue weighted by molar-refractivity contribution is 5.73. The van der Waals surface area contributed by atoms with Crippen molar-refractivity contribution in [2.75, 3.05) is 19.6 Å². The van der Waals surface area contributed by atoms with E-state index in [1.54, 1.807) is 6.92 Å². The third kappa shape index (κ3) is 18.8. The molecule has 0 aromatic heterocycles. The Labute approximate surface area is 148 Å². The van der Waals surface area contributed by atoms with E-state index in [-0.39, 0.29) is 11.9 Å². The number of nitrogens with one attached hydrogen (secondary N) is 3. The van der Waals surface area contributed by atoms with Gasteiger partial charge in [0, 0.05) is 26.6 Å². The van der Waals surface area contributed by atoms with Crippen molar-refractivity contribution in [3.05, 3.63) is 0 Å². The van der Waals surface area contributed by atoms with E-state index in [2.05, 4.69) is 22.9 Å². The van der Waals surface area contributed by atoms with Crippen molar-refractivity contribution in [1.29, 1.82) is 0 Å². The first-order chi connectivity index (χ1) is 11.7. The first-order valence-corrected chi connectivity index (χ1v) is 9.93. The van der Waals surface area contributed by atoms with Crippen LogP contribution in [0, 0.1) is 0 Å². The fourth-order valence-corrected chi connectivity index (χ4v) is 2.57. The lowest BCUT2D eigenvalue weighted by Gasteiger charge is -2.07. The Bertz CT molecular complexity index is 309. The van der Waals surface area contributed by atoms with E-state index in [0.717, 1.165) is 45.3 Å². The topological polar surface area (TPSA) is 70.2 Å².